The first kappa shape index (κ1) is 17.8. The predicted octanol–water partition coefficient (Wildman–Crippen LogP) is 3.55. The molecule has 0 unspecified atom stereocenters. The van der Waals surface area contributed by atoms with E-state index >= 15 is 0 Å². The van der Waals surface area contributed by atoms with Crippen molar-refractivity contribution in [2.45, 2.75) is 0 Å². The molecule has 0 aromatic heterocycles. The van der Waals surface area contributed by atoms with E-state index in [2.05, 4.69) is 10.1 Å². The van der Waals surface area contributed by atoms with Gasteiger partial charge in [-0.1, -0.05) is 17.7 Å². The number of hydrogen-bond acceptors (Lipinski definition) is 5. The van der Waals surface area contributed by atoms with E-state index in [1.54, 1.807) is 42.5 Å². The topological polar surface area (TPSA) is 73.9 Å². The Morgan fingerprint density at radius 3 is 2.81 bits per heavy atom. The molecule has 0 bridgehead atoms. The Labute approximate surface area is 155 Å². The summed E-state index contributed by atoms with van der Waals surface area (Å²) in [6.45, 7) is 0.905. The minimum Gasteiger partial charge on any atom is -0.486 e. The Morgan fingerprint density at radius 1 is 1.19 bits per heavy atom. The molecule has 1 aliphatic rings. The zero-order valence-electron chi connectivity index (χ0n) is 14.0. The van der Waals surface area contributed by atoms with Crippen LogP contribution in [-0.4, -0.2) is 32.2 Å². The molecule has 0 radical (unpaired) electrons. The van der Waals surface area contributed by atoms with Crippen molar-refractivity contribution in [2.24, 2.45) is 0 Å². The van der Waals surface area contributed by atoms with E-state index in [1.807, 2.05) is 0 Å². The minimum absolute atomic E-state index is 0.349. The number of anilines is 1. The number of ether oxygens (including phenoxy) is 3. The normalized spacial score (nSPS) is 12.7. The molecule has 0 spiro atoms. The lowest BCUT2D eigenvalue weighted by Gasteiger charge is -2.19. The molecule has 2 aromatic rings. The largest absolute Gasteiger partial charge is 0.486 e. The molecule has 6 nitrogen and oxygen atoms in total. The van der Waals surface area contributed by atoms with E-state index in [9.17, 15) is 9.59 Å². The maximum Gasteiger partial charge on any atom is 0.337 e. The van der Waals surface area contributed by atoms with Gasteiger partial charge in [-0.3, -0.25) is 4.79 Å². The fourth-order valence-electron chi connectivity index (χ4n) is 2.42. The molecule has 1 aliphatic heterocycles. The van der Waals surface area contributed by atoms with Crippen molar-refractivity contribution in [1.29, 1.82) is 0 Å². The van der Waals surface area contributed by atoms with Gasteiger partial charge in [0.2, 0.25) is 5.91 Å². The molecule has 1 amide bonds. The van der Waals surface area contributed by atoms with Gasteiger partial charge < -0.3 is 19.5 Å². The second-order valence-corrected chi connectivity index (χ2v) is 5.83. The maximum absolute atomic E-state index is 12.1. The van der Waals surface area contributed by atoms with Crippen LogP contribution in [0.5, 0.6) is 11.5 Å². The molecule has 2 aromatic carbocycles. The van der Waals surface area contributed by atoms with Crippen molar-refractivity contribution in [1.82, 2.24) is 0 Å². The molecular weight excluding hydrogens is 358 g/mol. The number of hydrogen-bond donors (Lipinski definition) is 1. The van der Waals surface area contributed by atoms with E-state index in [4.69, 9.17) is 21.1 Å². The van der Waals surface area contributed by atoms with Gasteiger partial charge in [0.25, 0.3) is 0 Å². The number of fused-ring (bicyclic) bond motifs is 1. The van der Waals surface area contributed by atoms with Gasteiger partial charge in [-0.05, 0) is 42.0 Å². The Morgan fingerprint density at radius 2 is 2.00 bits per heavy atom. The van der Waals surface area contributed by atoms with Crippen LogP contribution < -0.4 is 14.8 Å². The number of amides is 1. The average Bonchev–Trinajstić information content (AvgIpc) is 2.66. The van der Waals surface area contributed by atoms with Gasteiger partial charge in [0.05, 0.1) is 17.7 Å². The molecule has 26 heavy (non-hydrogen) atoms. The zero-order valence-corrected chi connectivity index (χ0v) is 14.7. The highest BCUT2D eigenvalue weighted by Crippen LogP contribution is 2.38. The van der Waals surface area contributed by atoms with E-state index in [-0.39, 0.29) is 5.91 Å². The van der Waals surface area contributed by atoms with Crippen molar-refractivity contribution < 1.29 is 23.8 Å². The maximum atomic E-state index is 12.1. The Balaban J connectivity index is 1.70. The summed E-state index contributed by atoms with van der Waals surface area (Å²) >= 11 is 6.17. The smallest absolute Gasteiger partial charge is 0.337 e. The van der Waals surface area contributed by atoms with Crippen LogP contribution in [0.15, 0.2) is 42.5 Å². The third-order valence-electron chi connectivity index (χ3n) is 3.60. The summed E-state index contributed by atoms with van der Waals surface area (Å²) in [6, 6.07) is 9.93. The summed E-state index contributed by atoms with van der Waals surface area (Å²) < 4.78 is 15.6. The average molecular weight is 374 g/mol. The lowest BCUT2D eigenvalue weighted by Crippen LogP contribution is -2.15. The van der Waals surface area contributed by atoms with Crippen LogP contribution in [0, 0.1) is 0 Å². The summed E-state index contributed by atoms with van der Waals surface area (Å²) in [7, 11) is 1.30. The van der Waals surface area contributed by atoms with Gasteiger partial charge in [-0.15, -0.1) is 0 Å². The Hall–Kier alpha value is -2.99. The fraction of sp³-hybridized carbons (Fsp3) is 0.158. The number of carbonyl (C=O) groups is 2. The van der Waals surface area contributed by atoms with Gasteiger partial charge in [0.15, 0.2) is 11.5 Å². The van der Waals surface area contributed by atoms with Gasteiger partial charge in [0.1, 0.15) is 13.2 Å². The lowest BCUT2D eigenvalue weighted by atomic mass is 10.1. The number of halogens is 1. The summed E-state index contributed by atoms with van der Waals surface area (Å²) in [4.78, 5) is 23.6. The highest BCUT2D eigenvalue weighted by atomic mass is 35.5. The van der Waals surface area contributed by atoms with Crippen LogP contribution in [0.3, 0.4) is 0 Å². The van der Waals surface area contributed by atoms with Crippen molar-refractivity contribution in [3.63, 3.8) is 0 Å². The number of methoxy groups -OCH3 is 1. The van der Waals surface area contributed by atoms with E-state index in [0.717, 1.165) is 0 Å². The molecule has 134 valence electrons. The highest BCUT2D eigenvalue weighted by Gasteiger charge is 2.16. The van der Waals surface area contributed by atoms with Crippen molar-refractivity contribution in [3.8, 4) is 11.5 Å². The first-order valence-corrected chi connectivity index (χ1v) is 8.21. The monoisotopic (exact) mass is 373 g/mol. The van der Waals surface area contributed by atoms with E-state index in [0.29, 0.717) is 46.5 Å². The van der Waals surface area contributed by atoms with Gasteiger partial charge in [-0.25, -0.2) is 4.79 Å². The number of benzene rings is 2. The van der Waals surface area contributed by atoms with Gasteiger partial charge in [0, 0.05) is 11.8 Å². The van der Waals surface area contributed by atoms with Crippen molar-refractivity contribution >= 4 is 35.2 Å². The van der Waals surface area contributed by atoms with E-state index in [1.165, 1.54) is 13.2 Å². The second-order valence-electron chi connectivity index (χ2n) is 5.42. The third-order valence-corrected chi connectivity index (χ3v) is 3.88. The summed E-state index contributed by atoms with van der Waals surface area (Å²) in [5, 5.41) is 3.11. The molecule has 3 rings (SSSR count). The molecular formula is C19H16ClNO5. The number of esters is 1. The molecule has 0 fully saturated rings. The highest BCUT2D eigenvalue weighted by molar-refractivity contribution is 6.32. The first-order chi connectivity index (χ1) is 12.6. The molecule has 0 aliphatic carbocycles. The number of rotatable bonds is 4. The van der Waals surface area contributed by atoms with Crippen LogP contribution >= 0.6 is 11.6 Å². The van der Waals surface area contributed by atoms with Crippen LogP contribution in [-0.2, 0) is 9.53 Å². The molecule has 1 N–H and O–H groups in total. The van der Waals surface area contributed by atoms with Crippen LogP contribution in [0.1, 0.15) is 15.9 Å². The standard InChI is InChI=1S/C19H16ClNO5/c1-24-19(23)13-3-2-4-14(11-13)21-17(22)6-5-12-9-15(20)18-16(10-12)25-7-8-26-18/h2-6,9-11H,7-8H2,1H3,(H,21,22)/b6-5+. The molecule has 0 saturated carbocycles. The first-order valence-electron chi connectivity index (χ1n) is 7.83. The molecule has 0 atom stereocenters. The van der Waals surface area contributed by atoms with Gasteiger partial charge in [-0.2, -0.15) is 0 Å². The SMILES string of the molecule is COC(=O)c1cccc(NC(=O)/C=C/c2cc(Cl)c3c(c2)OCCO3)c1. The summed E-state index contributed by atoms with van der Waals surface area (Å²) in [6.07, 6.45) is 2.98. The summed E-state index contributed by atoms with van der Waals surface area (Å²) in [5.41, 5.74) is 1.55. The number of carbonyl (C=O) groups excluding carboxylic acids is 2. The van der Waals surface area contributed by atoms with Crippen LogP contribution in [0.4, 0.5) is 5.69 Å². The molecule has 0 saturated heterocycles. The zero-order chi connectivity index (χ0) is 18.5. The van der Waals surface area contributed by atoms with Crippen molar-refractivity contribution in [2.75, 3.05) is 25.6 Å². The minimum atomic E-state index is -0.470. The van der Waals surface area contributed by atoms with Crippen molar-refractivity contribution in [3.05, 3.63) is 58.6 Å². The lowest BCUT2D eigenvalue weighted by molar-refractivity contribution is -0.111. The van der Waals surface area contributed by atoms with Crippen LogP contribution in [0.2, 0.25) is 5.02 Å². The third kappa shape index (κ3) is 4.15. The summed E-state index contributed by atoms with van der Waals surface area (Å²) in [5.74, 6) is 0.245. The molecule has 7 heteroatoms. The quantitative estimate of drug-likeness (QED) is 0.655. The van der Waals surface area contributed by atoms with Gasteiger partial charge >= 0.3 is 5.97 Å². The predicted molar refractivity (Wildman–Crippen MR) is 97.9 cm³/mol. The fourth-order valence-corrected chi connectivity index (χ4v) is 2.70. The Bertz CT molecular complexity index is 878. The number of nitrogens with one attached hydrogen (secondary N) is 1. The molecule has 1 heterocycles. The van der Waals surface area contributed by atoms with E-state index < -0.39 is 5.97 Å². The van der Waals surface area contributed by atoms with Crippen LogP contribution in [0.25, 0.3) is 6.08 Å². The Kier molecular flexibility index (Phi) is 5.43. The second kappa shape index (κ2) is 7.93.